The van der Waals surface area contributed by atoms with Crippen LogP contribution >= 0.6 is 11.3 Å². The van der Waals surface area contributed by atoms with Crippen LogP contribution in [0.15, 0.2) is 88.2 Å². The summed E-state index contributed by atoms with van der Waals surface area (Å²) in [6.07, 6.45) is 0.714. The second-order valence-corrected chi connectivity index (χ2v) is 12.0. The molecule has 1 aromatic heterocycles. The highest BCUT2D eigenvalue weighted by molar-refractivity contribution is 7.89. The van der Waals surface area contributed by atoms with E-state index in [-0.39, 0.29) is 10.9 Å². The molecule has 1 aliphatic rings. The van der Waals surface area contributed by atoms with Crippen LogP contribution in [0.3, 0.4) is 0 Å². The number of hydrogen-bond donors (Lipinski definition) is 0. The van der Waals surface area contributed by atoms with Crippen LogP contribution in [-0.4, -0.2) is 50.7 Å². The number of nitrogens with zero attached hydrogens (tertiary/aromatic N) is 4. The van der Waals surface area contributed by atoms with Crippen molar-refractivity contribution >= 4 is 32.2 Å². The first-order valence-corrected chi connectivity index (χ1v) is 15.4. The van der Waals surface area contributed by atoms with E-state index in [2.05, 4.69) is 12.1 Å². The number of sulfonamides is 1. The molecule has 40 heavy (non-hydrogen) atoms. The van der Waals surface area contributed by atoms with Gasteiger partial charge >= 0.3 is 0 Å². The van der Waals surface area contributed by atoms with Crippen LogP contribution in [-0.2, 0) is 10.0 Å². The number of thiazole rings is 1. The number of anilines is 1. The first-order valence-electron chi connectivity index (χ1n) is 13.1. The molecule has 0 unspecified atom stereocenters. The summed E-state index contributed by atoms with van der Waals surface area (Å²) in [5.41, 5.74) is 4.72. The minimum Gasteiger partial charge on any atom is -0.497 e. The van der Waals surface area contributed by atoms with Gasteiger partial charge in [-0.15, -0.1) is 11.3 Å². The molecule has 4 aromatic rings. The minimum absolute atomic E-state index is 0.0383. The van der Waals surface area contributed by atoms with Gasteiger partial charge in [-0.25, -0.2) is 18.4 Å². The van der Waals surface area contributed by atoms with Crippen LogP contribution in [0.2, 0.25) is 0 Å². The van der Waals surface area contributed by atoms with E-state index < -0.39 is 10.0 Å². The summed E-state index contributed by atoms with van der Waals surface area (Å²) in [6.45, 7) is 4.54. The zero-order valence-electron chi connectivity index (χ0n) is 22.9. The molecule has 5 rings (SSSR count). The number of hydrazone groups is 1. The van der Waals surface area contributed by atoms with Gasteiger partial charge < -0.3 is 9.47 Å². The molecular formula is C30H32N4O4S2. The Bertz CT molecular complexity index is 1580. The van der Waals surface area contributed by atoms with Crippen molar-refractivity contribution < 1.29 is 17.9 Å². The zero-order chi connectivity index (χ0) is 28.3. The predicted molar refractivity (Wildman–Crippen MR) is 160 cm³/mol. The van der Waals surface area contributed by atoms with Gasteiger partial charge in [-0.2, -0.15) is 9.41 Å². The van der Waals surface area contributed by atoms with Crippen molar-refractivity contribution in [3.05, 3.63) is 89.3 Å². The van der Waals surface area contributed by atoms with Crippen LogP contribution in [0.25, 0.3) is 11.3 Å². The SMILES string of the molecule is CCN(CC)S(=O)(=O)c1ccc(-c2csc(N3N=C(c4ccc(OC)cc4)C[C@@H]3c3ccc(OC)cc3)n2)cc1. The fraction of sp³-hybridized carbons (Fsp3) is 0.267. The van der Waals surface area contributed by atoms with E-state index in [1.165, 1.54) is 15.6 Å². The summed E-state index contributed by atoms with van der Waals surface area (Å²) in [7, 11) is -0.204. The molecule has 0 saturated carbocycles. The van der Waals surface area contributed by atoms with Crippen molar-refractivity contribution in [2.45, 2.75) is 31.2 Å². The molecule has 1 aliphatic heterocycles. The van der Waals surface area contributed by atoms with Crippen LogP contribution < -0.4 is 14.5 Å². The van der Waals surface area contributed by atoms with Gasteiger partial charge in [-0.05, 0) is 59.7 Å². The van der Waals surface area contributed by atoms with E-state index in [9.17, 15) is 8.42 Å². The summed E-state index contributed by atoms with van der Waals surface area (Å²) in [5, 5.41) is 9.74. The van der Waals surface area contributed by atoms with Gasteiger partial charge in [0, 0.05) is 30.5 Å². The molecule has 0 radical (unpaired) electrons. The van der Waals surface area contributed by atoms with E-state index >= 15 is 0 Å². The van der Waals surface area contributed by atoms with Gasteiger partial charge in [-0.3, -0.25) is 0 Å². The molecular weight excluding hydrogens is 544 g/mol. The van der Waals surface area contributed by atoms with E-state index in [0.29, 0.717) is 19.5 Å². The van der Waals surface area contributed by atoms with Gasteiger partial charge in [0.15, 0.2) is 0 Å². The molecule has 0 aliphatic carbocycles. The lowest BCUT2D eigenvalue weighted by molar-refractivity contribution is 0.414. The molecule has 10 heteroatoms. The van der Waals surface area contributed by atoms with Crippen LogP contribution in [0, 0.1) is 0 Å². The molecule has 0 fully saturated rings. The predicted octanol–water partition coefficient (Wildman–Crippen LogP) is 6.21. The Morgan fingerprint density at radius 3 is 2.02 bits per heavy atom. The van der Waals surface area contributed by atoms with Crippen molar-refractivity contribution in [3.63, 3.8) is 0 Å². The van der Waals surface area contributed by atoms with Gasteiger partial charge in [0.05, 0.1) is 36.6 Å². The second-order valence-electron chi connectivity index (χ2n) is 9.24. The molecule has 1 atom stereocenters. The number of hydrogen-bond acceptors (Lipinski definition) is 8. The van der Waals surface area contributed by atoms with Crippen molar-refractivity contribution in [2.75, 3.05) is 32.3 Å². The van der Waals surface area contributed by atoms with Gasteiger partial charge in [-0.1, -0.05) is 38.1 Å². The molecule has 0 spiro atoms. The fourth-order valence-electron chi connectivity index (χ4n) is 4.74. The van der Waals surface area contributed by atoms with E-state index in [0.717, 1.165) is 44.7 Å². The molecule has 2 heterocycles. The summed E-state index contributed by atoms with van der Waals surface area (Å²) in [4.78, 5) is 5.20. The van der Waals surface area contributed by atoms with E-state index in [4.69, 9.17) is 19.6 Å². The Kier molecular flexibility index (Phi) is 8.20. The standard InChI is InChI=1S/C30H32N4O4S2/c1-5-33(6-2)40(35,36)26-17-11-22(12-18-26)28-20-39-30(31-28)34-29(23-9-15-25(38-4)16-10-23)19-27(32-34)21-7-13-24(37-3)14-8-21/h7-18,20,29H,5-6,19H2,1-4H3/t29-/m1/s1. The number of benzene rings is 3. The Labute approximate surface area is 239 Å². The van der Waals surface area contributed by atoms with Gasteiger partial charge in [0.25, 0.3) is 0 Å². The van der Waals surface area contributed by atoms with Crippen molar-refractivity contribution in [3.8, 4) is 22.8 Å². The van der Waals surface area contributed by atoms with E-state index in [1.807, 2.05) is 72.8 Å². The number of methoxy groups -OCH3 is 2. The third-order valence-corrected chi connectivity index (χ3v) is 9.91. The quantitative estimate of drug-likeness (QED) is 0.223. The van der Waals surface area contributed by atoms with Crippen LogP contribution in [0.5, 0.6) is 11.5 Å². The Morgan fingerprint density at radius 1 is 0.875 bits per heavy atom. The molecule has 0 saturated heterocycles. The van der Waals surface area contributed by atoms with Crippen molar-refractivity contribution in [1.29, 1.82) is 0 Å². The Balaban J connectivity index is 1.46. The molecule has 0 N–H and O–H groups in total. The lowest BCUT2D eigenvalue weighted by Gasteiger charge is -2.21. The smallest absolute Gasteiger partial charge is 0.243 e. The zero-order valence-corrected chi connectivity index (χ0v) is 24.6. The Morgan fingerprint density at radius 2 is 1.45 bits per heavy atom. The lowest BCUT2D eigenvalue weighted by Crippen LogP contribution is -2.30. The normalized spacial score (nSPS) is 15.4. The highest BCUT2D eigenvalue weighted by Crippen LogP contribution is 2.40. The van der Waals surface area contributed by atoms with E-state index in [1.54, 1.807) is 26.4 Å². The highest BCUT2D eigenvalue weighted by Gasteiger charge is 2.32. The second kappa shape index (κ2) is 11.8. The summed E-state index contributed by atoms with van der Waals surface area (Å²) in [5.74, 6) is 1.60. The van der Waals surface area contributed by atoms with Crippen LogP contribution in [0.4, 0.5) is 5.13 Å². The van der Waals surface area contributed by atoms with Crippen LogP contribution in [0.1, 0.15) is 37.4 Å². The molecule has 3 aromatic carbocycles. The largest absolute Gasteiger partial charge is 0.497 e. The number of ether oxygens (including phenoxy) is 2. The minimum atomic E-state index is -3.52. The molecule has 0 amide bonds. The first kappa shape index (κ1) is 27.8. The fourth-order valence-corrected chi connectivity index (χ4v) is 7.03. The third kappa shape index (κ3) is 5.47. The highest BCUT2D eigenvalue weighted by atomic mass is 32.2. The molecule has 208 valence electrons. The maximum absolute atomic E-state index is 12.9. The van der Waals surface area contributed by atoms with Crippen molar-refractivity contribution in [2.24, 2.45) is 5.10 Å². The summed E-state index contributed by atoms with van der Waals surface area (Å²) in [6, 6.07) is 22.8. The maximum atomic E-state index is 12.9. The average Bonchev–Trinajstić information content (AvgIpc) is 3.66. The third-order valence-electron chi connectivity index (χ3n) is 7.02. The molecule has 8 nitrogen and oxygen atoms in total. The van der Waals surface area contributed by atoms with Gasteiger partial charge in [0.2, 0.25) is 15.2 Å². The topological polar surface area (TPSA) is 84.3 Å². The number of rotatable bonds is 10. The van der Waals surface area contributed by atoms with Crippen molar-refractivity contribution in [1.82, 2.24) is 9.29 Å². The Hall–Kier alpha value is -3.73. The maximum Gasteiger partial charge on any atom is 0.243 e. The summed E-state index contributed by atoms with van der Waals surface area (Å²) >= 11 is 1.51. The molecule has 0 bridgehead atoms. The monoisotopic (exact) mass is 576 g/mol. The average molecular weight is 577 g/mol. The summed E-state index contributed by atoms with van der Waals surface area (Å²) < 4.78 is 37.9. The lowest BCUT2D eigenvalue weighted by atomic mass is 9.98. The first-order chi connectivity index (χ1) is 19.4. The van der Waals surface area contributed by atoms with Gasteiger partial charge in [0.1, 0.15) is 11.5 Å². The number of aromatic nitrogens is 1.